The average molecular weight is 223 g/mol. The van der Waals surface area contributed by atoms with Gasteiger partial charge < -0.3 is 14.6 Å². The minimum atomic E-state index is -0.0299. The van der Waals surface area contributed by atoms with Crippen LogP contribution in [0.2, 0.25) is 0 Å². The Labute approximate surface area is 85.8 Å². The van der Waals surface area contributed by atoms with Gasteiger partial charge >= 0.3 is 0 Å². The summed E-state index contributed by atoms with van der Waals surface area (Å²) >= 11 is 10.7. The summed E-state index contributed by atoms with van der Waals surface area (Å²) in [4.78, 5) is 0. The molecule has 1 aromatic rings. The fourth-order valence-corrected chi connectivity index (χ4v) is 1.07. The minimum Gasteiger partial charge on any atom is -0.504 e. The lowest BCUT2D eigenvalue weighted by Gasteiger charge is -2.07. The number of halogens is 2. The molecule has 0 amide bonds. The Morgan fingerprint density at radius 2 is 1.85 bits per heavy atom. The number of aromatic hydroxyl groups is 1. The second-order valence-corrected chi connectivity index (χ2v) is 2.57. The van der Waals surface area contributed by atoms with Gasteiger partial charge in [0.15, 0.2) is 23.6 Å². The summed E-state index contributed by atoms with van der Waals surface area (Å²) in [7, 11) is 0. The topological polar surface area (TPSA) is 38.7 Å². The SMILES string of the molecule is Oc1ccc(OCCl)cc1OCCl. The van der Waals surface area contributed by atoms with E-state index in [1.807, 2.05) is 0 Å². The summed E-state index contributed by atoms with van der Waals surface area (Å²) in [5, 5.41) is 9.26. The van der Waals surface area contributed by atoms with Gasteiger partial charge in [0.05, 0.1) is 0 Å². The van der Waals surface area contributed by atoms with Crippen molar-refractivity contribution in [2.24, 2.45) is 0 Å². The third-order valence-electron chi connectivity index (χ3n) is 1.36. The zero-order chi connectivity index (χ0) is 9.68. The van der Waals surface area contributed by atoms with E-state index >= 15 is 0 Å². The van der Waals surface area contributed by atoms with Crippen LogP contribution in [0.4, 0.5) is 0 Å². The average Bonchev–Trinajstić information content (AvgIpc) is 2.12. The van der Waals surface area contributed by atoms with Crippen LogP contribution in [-0.4, -0.2) is 17.2 Å². The van der Waals surface area contributed by atoms with Crippen LogP contribution in [0.25, 0.3) is 0 Å². The Bertz CT molecular complexity index is 278. The number of benzene rings is 1. The quantitative estimate of drug-likeness (QED) is 0.797. The molecular formula is C8H8Cl2O3. The molecule has 0 fully saturated rings. The van der Waals surface area contributed by atoms with E-state index in [4.69, 9.17) is 32.7 Å². The van der Waals surface area contributed by atoms with Crippen LogP contribution >= 0.6 is 23.2 Å². The standard InChI is InChI=1S/C8H8Cl2O3/c9-4-12-6-1-2-7(11)8(3-6)13-5-10/h1-3,11H,4-5H2. The van der Waals surface area contributed by atoms with Gasteiger partial charge in [-0.3, -0.25) is 0 Å². The molecule has 1 rings (SSSR count). The van der Waals surface area contributed by atoms with E-state index in [9.17, 15) is 5.11 Å². The van der Waals surface area contributed by atoms with E-state index in [1.165, 1.54) is 12.1 Å². The highest BCUT2D eigenvalue weighted by Crippen LogP contribution is 2.30. The number of hydrogen-bond donors (Lipinski definition) is 1. The minimum absolute atomic E-state index is 0.0163. The highest BCUT2D eigenvalue weighted by atomic mass is 35.5. The van der Waals surface area contributed by atoms with Crippen molar-refractivity contribution in [3.63, 3.8) is 0 Å². The lowest BCUT2D eigenvalue weighted by molar-refractivity contribution is 0.345. The Morgan fingerprint density at radius 3 is 2.46 bits per heavy atom. The van der Waals surface area contributed by atoms with Crippen LogP contribution < -0.4 is 9.47 Å². The Balaban J connectivity index is 2.83. The van der Waals surface area contributed by atoms with Crippen molar-refractivity contribution >= 4 is 23.2 Å². The molecule has 0 saturated heterocycles. The zero-order valence-electron chi connectivity index (χ0n) is 6.67. The van der Waals surface area contributed by atoms with Crippen molar-refractivity contribution in [2.75, 3.05) is 12.1 Å². The number of phenolic OH excluding ortho intramolecular Hbond substituents is 1. The summed E-state index contributed by atoms with van der Waals surface area (Å²) in [5.74, 6) is 0.813. The molecule has 3 nitrogen and oxygen atoms in total. The van der Waals surface area contributed by atoms with Crippen LogP contribution in [0, 0.1) is 0 Å². The van der Waals surface area contributed by atoms with Gasteiger partial charge in [-0.1, -0.05) is 23.2 Å². The van der Waals surface area contributed by atoms with E-state index in [0.29, 0.717) is 5.75 Å². The first kappa shape index (κ1) is 10.3. The van der Waals surface area contributed by atoms with Crippen molar-refractivity contribution in [1.82, 2.24) is 0 Å². The predicted molar refractivity (Wildman–Crippen MR) is 50.8 cm³/mol. The molecule has 1 N–H and O–H groups in total. The molecule has 5 heteroatoms. The zero-order valence-corrected chi connectivity index (χ0v) is 8.18. The second-order valence-electron chi connectivity index (χ2n) is 2.14. The third kappa shape index (κ3) is 2.86. The molecule has 0 aliphatic carbocycles. The van der Waals surface area contributed by atoms with Crippen LogP contribution in [0.15, 0.2) is 18.2 Å². The van der Waals surface area contributed by atoms with E-state index in [1.54, 1.807) is 6.07 Å². The highest BCUT2D eigenvalue weighted by molar-refractivity contribution is 6.17. The molecule has 0 saturated carbocycles. The van der Waals surface area contributed by atoms with Gasteiger partial charge in [-0.05, 0) is 12.1 Å². The normalized spacial score (nSPS) is 9.69. The summed E-state index contributed by atoms with van der Waals surface area (Å²) in [6, 6.07) is 4.56. The molecule has 0 aliphatic heterocycles. The number of alkyl halides is 2. The van der Waals surface area contributed by atoms with Gasteiger partial charge in [0.2, 0.25) is 0 Å². The fraction of sp³-hybridized carbons (Fsp3) is 0.250. The van der Waals surface area contributed by atoms with Gasteiger partial charge in [-0.15, -0.1) is 0 Å². The predicted octanol–water partition coefficient (Wildman–Crippen LogP) is 2.54. The molecule has 13 heavy (non-hydrogen) atoms. The van der Waals surface area contributed by atoms with Crippen LogP contribution in [-0.2, 0) is 0 Å². The van der Waals surface area contributed by atoms with Crippen LogP contribution in [0.3, 0.4) is 0 Å². The monoisotopic (exact) mass is 222 g/mol. The second kappa shape index (κ2) is 5.04. The number of phenols is 1. The van der Waals surface area contributed by atoms with E-state index in [0.717, 1.165) is 0 Å². The van der Waals surface area contributed by atoms with Gasteiger partial charge in [0, 0.05) is 6.07 Å². The number of hydrogen-bond acceptors (Lipinski definition) is 3. The van der Waals surface area contributed by atoms with Crippen molar-refractivity contribution in [3.05, 3.63) is 18.2 Å². The summed E-state index contributed by atoms with van der Waals surface area (Å²) in [6.45, 7) is 0. The molecule has 72 valence electrons. The maximum absolute atomic E-state index is 9.26. The Hall–Kier alpha value is -0.800. The molecule has 0 aliphatic rings. The summed E-state index contributed by atoms with van der Waals surface area (Å²) < 4.78 is 9.90. The molecule has 0 radical (unpaired) electrons. The van der Waals surface area contributed by atoms with Crippen LogP contribution in [0.1, 0.15) is 0 Å². The van der Waals surface area contributed by atoms with Gasteiger partial charge in [0.25, 0.3) is 0 Å². The molecule has 0 unspecified atom stereocenters. The summed E-state index contributed by atoms with van der Waals surface area (Å²) in [6.07, 6.45) is 0. The largest absolute Gasteiger partial charge is 0.504 e. The first-order valence-corrected chi connectivity index (χ1v) is 4.55. The van der Waals surface area contributed by atoms with Crippen molar-refractivity contribution < 1.29 is 14.6 Å². The van der Waals surface area contributed by atoms with E-state index in [-0.39, 0.29) is 23.6 Å². The first-order chi connectivity index (χ1) is 6.27. The molecule has 0 spiro atoms. The van der Waals surface area contributed by atoms with Gasteiger partial charge in [0.1, 0.15) is 5.75 Å². The van der Waals surface area contributed by atoms with Crippen molar-refractivity contribution in [3.8, 4) is 17.2 Å². The maximum atomic E-state index is 9.26. The van der Waals surface area contributed by atoms with Gasteiger partial charge in [-0.2, -0.15) is 0 Å². The van der Waals surface area contributed by atoms with Crippen molar-refractivity contribution in [1.29, 1.82) is 0 Å². The van der Waals surface area contributed by atoms with E-state index < -0.39 is 0 Å². The number of rotatable bonds is 4. The van der Waals surface area contributed by atoms with Gasteiger partial charge in [-0.25, -0.2) is 0 Å². The van der Waals surface area contributed by atoms with E-state index in [2.05, 4.69) is 0 Å². The molecule has 0 bridgehead atoms. The first-order valence-electron chi connectivity index (χ1n) is 3.48. The third-order valence-corrected chi connectivity index (χ3v) is 1.58. The summed E-state index contributed by atoms with van der Waals surface area (Å²) in [5.41, 5.74) is 0. The molecule has 1 aromatic carbocycles. The molecule has 0 heterocycles. The van der Waals surface area contributed by atoms with Crippen molar-refractivity contribution in [2.45, 2.75) is 0 Å². The highest BCUT2D eigenvalue weighted by Gasteiger charge is 2.03. The Morgan fingerprint density at radius 1 is 1.15 bits per heavy atom. The smallest absolute Gasteiger partial charge is 0.166 e. The van der Waals surface area contributed by atoms with Crippen LogP contribution in [0.5, 0.6) is 17.2 Å². The molecule has 0 atom stereocenters. The Kier molecular flexibility index (Phi) is 3.99. The maximum Gasteiger partial charge on any atom is 0.166 e. The fourth-order valence-electron chi connectivity index (χ4n) is 0.822. The molecule has 0 aromatic heterocycles. The molecular weight excluding hydrogens is 215 g/mol. The lowest BCUT2D eigenvalue weighted by atomic mass is 10.3. The number of ether oxygens (including phenoxy) is 2. The lowest BCUT2D eigenvalue weighted by Crippen LogP contribution is -1.92.